The molecule has 4 heterocycles. The minimum atomic E-state index is -0.437. The molecular formula is C26H27N9O2S. The first-order valence-electron chi connectivity index (χ1n) is 11.9. The van der Waals surface area contributed by atoms with Crippen molar-refractivity contribution in [3.8, 4) is 16.1 Å². The van der Waals surface area contributed by atoms with E-state index in [2.05, 4.69) is 56.8 Å². The molecule has 0 aliphatic carbocycles. The Kier molecular flexibility index (Phi) is 6.41. The summed E-state index contributed by atoms with van der Waals surface area (Å²) < 4.78 is 3.17. The molecule has 1 aromatic carbocycles. The number of urea groups is 1. The van der Waals surface area contributed by atoms with Gasteiger partial charge in [0.2, 0.25) is 5.95 Å². The molecule has 4 aromatic heterocycles. The summed E-state index contributed by atoms with van der Waals surface area (Å²) in [5, 5.41) is 14.8. The summed E-state index contributed by atoms with van der Waals surface area (Å²) in [7, 11) is 3.40. The Bertz CT molecular complexity index is 1700. The highest BCUT2D eigenvalue weighted by molar-refractivity contribution is 7.12. The van der Waals surface area contributed by atoms with Gasteiger partial charge in [0.15, 0.2) is 0 Å². The molecule has 0 saturated heterocycles. The standard InChI is InChI=1S/C26H27N9O2S/c1-26(2,3)19-11-20(35(33-19)21-13-28-14-38-21)31-25(37)30-17-8-6-7-15(9-17)18-10-16-12-29-24(27-4)32-22(16)34(5)23(18)36/h6-14H,1-5H3,(H,27,29,32)(H2,30,31,37). The lowest BCUT2D eigenvalue weighted by Crippen LogP contribution is -2.22. The Labute approximate surface area is 222 Å². The summed E-state index contributed by atoms with van der Waals surface area (Å²) in [6, 6.07) is 10.3. The molecule has 38 heavy (non-hydrogen) atoms. The first-order valence-corrected chi connectivity index (χ1v) is 12.7. The highest BCUT2D eigenvalue weighted by atomic mass is 32.1. The van der Waals surface area contributed by atoms with Crippen molar-refractivity contribution in [3.05, 3.63) is 70.4 Å². The fourth-order valence-corrected chi connectivity index (χ4v) is 4.53. The van der Waals surface area contributed by atoms with Crippen LogP contribution in [0.15, 0.2) is 59.1 Å². The number of carbonyl (C=O) groups is 1. The van der Waals surface area contributed by atoms with Crippen molar-refractivity contribution in [2.75, 3.05) is 23.0 Å². The number of hydrogen-bond acceptors (Lipinski definition) is 8. The van der Waals surface area contributed by atoms with Crippen LogP contribution in [-0.2, 0) is 12.5 Å². The topological polar surface area (TPSA) is 132 Å². The largest absolute Gasteiger partial charge is 0.357 e. The predicted molar refractivity (Wildman–Crippen MR) is 150 cm³/mol. The summed E-state index contributed by atoms with van der Waals surface area (Å²) in [5.41, 5.74) is 4.33. The van der Waals surface area contributed by atoms with E-state index in [0.717, 1.165) is 16.1 Å². The van der Waals surface area contributed by atoms with Gasteiger partial charge in [0, 0.05) is 48.4 Å². The maximum absolute atomic E-state index is 13.2. The number of pyridine rings is 1. The smallest absolute Gasteiger partial charge is 0.324 e. The fraction of sp³-hybridized carbons (Fsp3) is 0.231. The van der Waals surface area contributed by atoms with Gasteiger partial charge in [-0.2, -0.15) is 10.1 Å². The first kappa shape index (κ1) is 25.1. The monoisotopic (exact) mass is 529 g/mol. The molecular weight excluding hydrogens is 502 g/mol. The van der Waals surface area contributed by atoms with Crippen molar-refractivity contribution in [1.29, 1.82) is 0 Å². The van der Waals surface area contributed by atoms with Crippen molar-refractivity contribution < 1.29 is 4.79 Å². The third kappa shape index (κ3) is 4.85. The predicted octanol–water partition coefficient (Wildman–Crippen LogP) is 4.62. The van der Waals surface area contributed by atoms with Crippen LogP contribution in [0, 0.1) is 0 Å². The summed E-state index contributed by atoms with van der Waals surface area (Å²) in [5.74, 6) is 0.959. The molecule has 3 N–H and O–H groups in total. The fourth-order valence-electron chi connectivity index (χ4n) is 3.94. The van der Waals surface area contributed by atoms with Gasteiger partial charge >= 0.3 is 6.03 Å². The van der Waals surface area contributed by atoms with Gasteiger partial charge in [0.25, 0.3) is 5.56 Å². The number of fused-ring (bicyclic) bond motifs is 1. The second-order valence-corrected chi connectivity index (χ2v) is 10.6. The molecule has 5 rings (SSSR count). The van der Waals surface area contributed by atoms with Crippen molar-refractivity contribution in [1.82, 2.24) is 29.3 Å². The second-order valence-electron chi connectivity index (χ2n) is 9.72. The summed E-state index contributed by atoms with van der Waals surface area (Å²) in [4.78, 5) is 38.9. The molecule has 0 aliphatic rings. The molecule has 5 aromatic rings. The zero-order valence-electron chi connectivity index (χ0n) is 21.6. The van der Waals surface area contributed by atoms with Gasteiger partial charge < -0.3 is 10.6 Å². The number of amides is 2. The van der Waals surface area contributed by atoms with Crippen LogP contribution in [-0.4, -0.2) is 42.4 Å². The number of thiazole rings is 1. The Morgan fingerprint density at radius 1 is 1.08 bits per heavy atom. The highest BCUT2D eigenvalue weighted by Crippen LogP contribution is 2.28. The minimum absolute atomic E-state index is 0.205. The van der Waals surface area contributed by atoms with Gasteiger partial charge in [-0.05, 0) is 23.8 Å². The minimum Gasteiger partial charge on any atom is -0.357 e. The second kappa shape index (κ2) is 9.71. The highest BCUT2D eigenvalue weighted by Gasteiger charge is 2.22. The number of benzene rings is 1. The van der Waals surface area contributed by atoms with E-state index in [1.807, 2.05) is 12.1 Å². The third-order valence-corrected chi connectivity index (χ3v) is 6.70. The zero-order chi connectivity index (χ0) is 27.0. The number of hydrogen-bond donors (Lipinski definition) is 3. The summed E-state index contributed by atoms with van der Waals surface area (Å²) in [6.45, 7) is 6.18. The Balaban J connectivity index is 1.42. The number of aromatic nitrogens is 6. The molecule has 2 amide bonds. The van der Waals surface area contributed by atoms with E-state index in [1.54, 1.807) is 60.9 Å². The van der Waals surface area contributed by atoms with Gasteiger partial charge in [-0.3, -0.25) is 19.7 Å². The average Bonchev–Trinajstić information content (AvgIpc) is 3.56. The molecule has 0 unspecified atom stereocenters. The lowest BCUT2D eigenvalue weighted by molar-refractivity contribution is 0.262. The van der Waals surface area contributed by atoms with E-state index in [-0.39, 0.29) is 11.0 Å². The van der Waals surface area contributed by atoms with Crippen molar-refractivity contribution >= 4 is 45.9 Å². The number of nitrogens with one attached hydrogen (secondary N) is 3. The van der Waals surface area contributed by atoms with Crippen LogP contribution in [0.3, 0.4) is 0 Å². The molecule has 0 bridgehead atoms. The van der Waals surface area contributed by atoms with Crippen molar-refractivity contribution in [2.45, 2.75) is 26.2 Å². The maximum Gasteiger partial charge on any atom is 0.324 e. The van der Waals surface area contributed by atoms with E-state index in [4.69, 9.17) is 0 Å². The van der Waals surface area contributed by atoms with Crippen LogP contribution in [0.4, 0.5) is 22.2 Å². The summed E-state index contributed by atoms with van der Waals surface area (Å²) >= 11 is 1.42. The number of nitrogens with zero attached hydrogens (tertiary/aromatic N) is 6. The number of anilines is 3. The number of rotatable bonds is 5. The van der Waals surface area contributed by atoms with E-state index in [1.165, 1.54) is 15.9 Å². The normalized spacial score (nSPS) is 11.5. The molecule has 0 spiro atoms. The Morgan fingerprint density at radius 2 is 1.89 bits per heavy atom. The quantitative estimate of drug-likeness (QED) is 0.303. The van der Waals surface area contributed by atoms with Crippen LogP contribution in [0.5, 0.6) is 0 Å². The Hall–Kier alpha value is -4.58. The van der Waals surface area contributed by atoms with Crippen LogP contribution in [0.25, 0.3) is 27.2 Å². The van der Waals surface area contributed by atoms with Gasteiger partial charge in [0.05, 0.1) is 17.4 Å². The van der Waals surface area contributed by atoms with E-state index < -0.39 is 6.03 Å². The number of carbonyl (C=O) groups excluding carboxylic acids is 1. The maximum atomic E-state index is 13.2. The van der Waals surface area contributed by atoms with Crippen LogP contribution >= 0.6 is 11.3 Å². The first-order chi connectivity index (χ1) is 18.1. The molecule has 0 saturated carbocycles. The Morgan fingerprint density at radius 3 is 2.61 bits per heavy atom. The zero-order valence-corrected chi connectivity index (χ0v) is 22.4. The molecule has 0 fully saturated rings. The van der Waals surface area contributed by atoms with Crippen molar-refractivity contribution in [2.24, 2.45) is 7.05 Å². The van der Waals surface area contributed by atoms with Crippen LogP contribution < -0.4 is 21.5 Å². The third-order valence-electron chi connectivity index (χ3n) is 5.95. The van der Waals surface area contributed by atoms with Gasteiger partial charge in [-0.15, -0.1) is 11.3 Å². The molecule has 0 radical (unpaired) electrons. The van der Waals surface area contributed by atoms with Gasteiger partial charge in [-0.25, -0.2) is 14.5 Å². The lowest BCUT2D eigenvalue weighted by atomic mass is 9.92. The average molecular weight is 530 g/mol. The van der Waals surface area contributed by atoms with Crippen LogP contribution in [0.1, 0.15) is 26.5 Å². The molecule has 0 aliphatic heterocycles. The van der Waals surface area contributed by atoms with Gasteiger partial charge in [-0.1, -0.05) is 32.9 Å². The molecule has 11 nitrogen and oxygen atoms in total. The van der Waals surface area contributed by atoms with Crippen LogP contribution in [0.2, 0.25) is 0 Å². The SMILES string of the molecule is CNc1ncc2cc(-c3cccc(NC(=O)Nc4cc(C(C)(C)C)nn4-c4cncs4)c3)c(=O)n(C)c2n1. The van der Waals surface area contributed by atoms with E-state index in [0.29, 0.717) is 34.2 Å². The summed E-state index contributed by atoms with van der Waals surface area (Å²) in [6.07, 6.45) is 3.37. The van der Waals surface area contributed by atoms with Crippen molar-refractivity contribution in [3.63, 3.8) is 0 Å². The lowest BCUT2D eigenvalue weighted by Gasteiger charge is -2.13. The molecule has 0 atom stereocenters. The van der Waals surface area contributed by atoms with E-state index >= 15 is 0 Å². The molecule has 194 valence electrons. The number of aryl methyl sites for hydroxylation is 1. The molecule has 12 heteroatoms. The van der Waals surface area contributed by atoms with E-state index in [9.17, 15) is 9.59 Å². The van der Waals surface area contributed by atoms with Gasteiger partial charge in [0.1, 0.15) is 16.5 Å².